The van der Waals surface area contributed by atoms with Gasteiger partial charge in [0.05, 0.1) is 16.3 Å². The second kappa shape index (κ2) is 4.93. The van der Waals surface area contributed by atoms with E-state index in [-0.39, 0.29) is 11.5 Å². The van der Waals surface area contributed by atoms with Crippen LogP contribution in [0.2, 0.25) is 0 Å². The molecule has 1 aliphatic heterocycles. The van der Waals surface area contributed by atoms with Gasteiger partial charge in [-0.15, -0.1) is 0 Å². The topological polar surface area (TPSA) is 88.5 Å². The lowest BCUT2D eigenvalue weighted by molar-refractivity contribution is -0.384. The van der Waals surface area contributed by atoms with Crippen molar-refractivity contribution >= 4 is 28.7 Å². The number of pyridine rings is 1. The van der Waals surface area contributed by atoms with E-state index in [1.807, 2.05) is 36.2 Å². The fourth-order valence-corrected chi connectivity index (χ4v) is 2.52. The number of hydrogen-bond acceptors (Lipinski definition) is 6. The molecule has 0 bridgehead atoms. The van der Waals surface area contributed by atoms with Crippen LogP contribution in [-0.4, -0.2) is 30.0 Å². The van der Waals surface area contributed by atoms with Crippen molar-refractivity contribution in [2.75, 3.05) is 35.7 Å². The maximum atomic E-state index is 11.2. The lowest BCUT2D eigenvalue weighted by atomic mass is 10.1. The van der Waals surface area contributed by atoms with Crippen molar-refractivity contribution < 1.29 is 4.92 Å². The Morgan fingerprint density at radius 1 is 1.19 bits per heavy atom. The van der Waals surface area contributed by atoms with E-state index in [4.69, 9.17) is 5.73 Å². The Morgan fingerprint density at radius 2 is 1.90 bits per heavy atom. The second-order valence-corrected chi connectivity index (χ2v) is 4.90. The molecule has 1 aliphatic rings. The monoisotopic (exact) mass is 285 g/mol. The molecule has 0 saturated heterocycles. The summed E-state index contributed by atoms with van der Waals surface area (Å²) in [6.45, 7) is 1.37. The average Bonchev–Trinajstić information content (AvgIpc) is 2.47. The van der Waals surface area contributed by atoms with Crippen LogP contribution >= 0.6 is 0 Å². The zero-order valence-electron chi connectivity index (χ0n) is 11.6. The van der Waals surface area contributed by atoms with Crippen LogP contribution in [0, 0.1) is 10.1 Å². The molecule has 0 atom stereocenters. The van der Waals surface area contributed by atoms with Gasteiger partial charge in [-0.05, 0) is 18.2 Å². The number of hydrogen-bond donors (Lipinski definition) is 1. The van der Waals surface area contributed by atoms with Gasteiger partial charge < -0.3 is 15.5 Å². The summed E-state index contributed by atoms with van der Waals surface area (Å²) in [6, 6.07) is 10.6. The molecule has 3 rings (SSSR count). The number of nitrogens with zero attached hydrogens (tertiary/aromatic N) is 4. The Bertz CT molecular complexity index is 704. The Labute approximate surface area is 121 Å². The van der Waals surface area contributed by atoms with Crippen LogP contribution in [0.1, 0.15) is 0 Å². The number of para-hydroxylation sites is 2. The van der Waals surface area contributed by atoms with Gasteiger partial charge in [0.2, 0.25) is 5.82 Å². The SMILES string of the molecule is CN1CCN(c2nc(N)ccc2[N+](=O)[O-])c2ccccc21. The second-order valence-electron chi connectivity index (χ2n) is 4.90. The summed E-state index contributed by atoms with van der Waals surface area (Å²) in [5.41, 5.74) is 7.58. The van der Waals surface area contributed by atoms with Crippen LogP contribution in [0.15, 0.2) is 36.4 Å². The van der Waals surface area contributed by atoms with Gasteiger partial charge in [0, 0.05) is 26.2 Å². The molecule has 0 saturated carbocycles. The summed E-state index contributed by atoms with van der Waals surface area (Å²) in [5, 5.41) is 11.2. The summed E-state index contributed by atoms with van der Waals surface area (Å²) in [7, 11) is 2.00. The van der Waals surface area contributed by atoms with Gasteiger partial charge in [-0.1, -0.05) is 12.1 Å². The molecular weight excluding hydrogens is 270 g/mol. The van der Waals surface area contributed by atoms with Gasteiger partial charge in [-0.2, -0.15) is 0 Å². The van der Waals surface area contributed by atoms with Crippen molar-refractivity contribution in [3.63, 3.8) is 0 Å². The molecule has 21 heavy (non-hydrogen) atoms. The largest absolute Gasteiger partial charge is 0.384 e. The molecule has 0 fully saturated rings. The molecule has 2 N–H and O–H groups in total. The number of fused-ring (bicyclic) bond motifs is 1. The third kappa shape index (κ3) is 2.22. The highest BCUT2D eigenvalue weighted by molar-refractivity contribution is 5.81. The molecule has 108 valence electrons. The Morgan fingerprint density at radius 3 is 2.62 bits per heavy atom. The molecule has 2 heterocycles. The molecule has 2 aromatic rings. The van der Waals surface area contributed by atoms with Crippen LogP contribution in [0.4, 0.5) is 28.7 Å². The van der Waals surface area contributed by atoms with E-state index in [2.05, 4.69) is 9.88 Å². The van der Waals surface area contributed by atoms with Crippen molar-refractivity contribution in [1.82, 2.24) is 4.98 Å². The number of nitrogens with two attached hydrogens (primary N) is 1. The summed E-state index contributed by atoms with van der Waals surface area (Å²) in [4.78, 5) is 19.0. The molecule has 1 aromatic heterocycles. The smallest absolute Gasteiger partial charge is 0.312 e. The summed E-state index contributed by atoms with van der Waals surface area (Å²) in [6.07, 6.45) is 0. The molecule has 7 heteroatoms. The Hall–Kier alpha value is -2.83. The standard InChI is InChI=1S/C14H15N5O2/c1-17-8-9-18(11-5-3-2-4-10(11)17)14-12(19(20)21)6-7-13(15)16-14/h2-7H,8-9H2,1H3,(H2,15,16). The summed E-state index contributed by atoms with van der Waals surface area (Å²) in [5.74, 6) is 0.563. The average molecular weight is 285 g/mol. The highest BCUT2D eigenvalue weighted by atomic mass is 16.6. The number of likely N-dealkylation sites (N-methyl/N-ethyl adjacent to an activating group) is 1. The van der Waals surface area contributed by atoms with Gasteiger partial charge in [0.25, 0.3) is 0 Å². The first-order valence-corrected chi connectivity index (χ1v) is 6.56. The van der Waals surface area contributed by atoms with Gasteiger partial charge >= 0.3 is 5.69 Å². The van der Waals surface area contributed by atoms with Crippen LogP contribution in [0.25, 0.3) is 0 Å². The predicted molar refractivity (Wildman–Crippen MR) is 82.0 cm³/mol. The van der Waals surface area contributed by atoms with E-state index in [1.165, 1.54) is 12.1 Å². The number of anilines is 4. The Balaban J connectivity index is 2.16. The van der Waals surface area contributed by atoms with Gasteiger partial charge in [-0.25, -0.2) is 4.98 Å². The van der Waals surface area contributed by atoms with E-state index in [1.54, 1.807) is 0 Å². The molecular formula is C14H15N5O2. The quantitative estimate of drug-likeness (QED) is 0.672. The van der Waals surface area contributed by atoms with Crippen molar-refractivity contribution in [1.29, 1.82) is 0 Å². The van der Waals surface area contributed by atoms with Crippen LogP contribution in [0.3, 0.4) is 0 Å². The van der Waals surface area contributed by atoms with Gasteiger partial charge in [0.1, 0.15) is 5.82 Å². The van der Waals surface area contributed by atoms with E-state index < -0.39 is 4.92 Å². The lowest BCUT2D eigenvalue weighted by Gasteiger charge is -2.35. The number of aromatic nitrogens is 1. The predicted octanol–water partition coefficient (Wildman–Crippen LogP) is 2.16. The number of nitro groups is 1. The van der Waals surface area contributed by atoms with Gasteiger partial charge in [-0.3, -0.25) is 10.1 Å². The first-order chi connectivity index (χ1) is 10.1. The van der Waals surface area contributed by atoms with Crippen molar-refractivity contribution in [3.05, 3.63) is 46.5 Å². The van der Waals surface area contributed by atoms with Gasteiger partial charge in [0.15, 0.2) is 0 Å². The third-order valence-electron chi connectivity index (χ3n) is 3.57. The maximum Gasteiger partial charge on any atom is 0.312 e. The fraction of sp³-hybridized carbons (Fsp3) is 0.214. The minimum atomic E-state index is -0.428. The zero-order valence-corrected chi connectivity index (χ0v) is 11.6. The van der Waals surface area contributed by atoms with Crippen LogP contribution in [-0.2, 0) is 0 Å². The number of rotatable bonds is 2. The first kappa shape index (κ1) is 13.2. The first-order valence-electron chi connectivity index (χ1n) is 6.56. The van der Waals surface area contributed by atoms with Crippen molar-refractivity contribution in [2.24, 2.45) is 0 Å². The van der Waals surface area contributed by atoms with E-state index in [9.17, 15) is 10.1 Å². The summed E-state index contributed by atoms with van der Waals surface area (Å²) >= 11 is 0. The molecule has 0 spiro atoms. The number of benzene rings is 1. The molecule has 0 radical (unpaired) electrons. The third-order valence-corrected chi connectivity index (χ3v) is 3.57. The summed E-state index contributed by atoms with van der Waals surface area (Å²) < 4.78 is 0. The zero-order chi connectivity index (χ0) is 15.0. The lowest BCUT2D eigenvalue weighted by Crippen LogP contribution is -2.37. The molecule has 7 nitrogen and oxygen atoms in total. The van der Waals surface area contributed by atoms with E-state index in [0.717, 1.165) is 17.9 Å². The van der Waals surface area contributed by atoms with Crippen LogP contribution < -0.4 is 15.5 Å². The van der Waals surface area contributed by atoms with Crippen molar-refractivity contribution in [3.8, 4) is 0 Å². The van der Waals surface area contributed by atoms with Crippen molar-refractivity contribution in [2.45, 2.75) is 0 Å². The maximum absolute atomic E-state index is 11.2. The fourth-order valence-electron chi connectivity index (χ4n) is 2.52. The highest BCUT2D eigenvalue weighted by Gasteiger charge is 2.28. The van der Waals surface area contributed by atoms with E-state index >= 15 is 0 Å². The minimum absolute atomic E-state index is 0.0384. The minimum Gasteiger partial charge on any atom is -0.384 e. The molecule has 0 amide bonds. The van der Waals surface area contributed by atoms with Crippen LogP contribution in [0.5, 0.6) is 0 Å². The normalized spacial score (nSPS) is 14.0. The highest BCUT2D eigenvalue weighted by Crippen LogP contribution is 2.39. The Kier molecular flexibility index (Phi) is 3.09. The molecule has 0 aliphatic carbocycles. The van der Waals surface area contributed by atoms with E-state index in [0.29, 0.717) is 12.4 Å². The number of nitrogen functional groups attached to an aromatic ring is 1. The molecule has 1 aromatic carbocycles. The molecule has 0 unspecified atom stereocenters.